The molecular formula is C16H22BrNO2. The van der Waals surface area contributed by atoms with Gasteiger partial charge in [-0.05, 0) is 49.9 Å². The van der Waals surface area contributed by atoms with Gasteiger partial charge in [0.2, 0.25) is 0 Å². The second-order valence-electron chi connectivity index (χ2n) is 5.97. The summed E-state index contributed by atoms with van der Waals surface area (Å²) < 4.78 is 1.07. The van der Waals surface area contributed by atoms with Gasteiger partial charge in [0.05, 0.1) is 5.92 Å². The molecule has 0 bridgehead atoms. The third-order valence-corrected chi connectivity index (χ3v) is 4.84. The number of hydrogen-bond donors (Lipinski definition) is 1. The molecule has 0 radical (unpaired) electrons. The molecule has 3 unspecified atom stereocenters. The van der Waals surface area contributed by atoms with E-state index >= 15 is 0 Å². The third kappa shape index (κ3) is 3.83. The van der Waals surface area contributed by atoms with Crippen molar-refractivity contribution >= 4 is 21.9 Å². The summed E-state index contributed by atoms with van der Waals surface area (Å²) in [6, 6.07) is 8.37. The number of benzene rings is 1. The standard InChI is InChI=1S/C16H22BrNO2/c1-11-3-8-14(16(19)20)15(9-11)18(2)10-12-4-6-13(17)7-5-12/h4-7,11,14-15H,3,8-10H2,1-2H3,(H,19,20). The summed E-state index contributed by atoms with van der Waals surface area (Å²) in [5.41, 5.74) is 1.22. The first-order valence-corrected chi connectivity index (χ1v) is 7.94. The Morgan fingerprint density at radius 2 is 2.00 bits per heavy atom. The van der Waals surface area contributed by atoms with Gasteiger partial charge in [0.25, 0.3) is 0 Å². The van der Waals surface area contributed by atoms with Crippen LogP contribution in [0.1, 0.15) is 31.7 Å². The molecule has 2 rings (SSSR count). The van der Waals surface area contributed by atoms with E-state index < -0.39 is 5.97 Å². The largest absolute Gasteiger partial charge is 0.481 e. The van der Waals surface area contributed by atoms with E-state index in [4.69, 9.17) is 0 Å². The minimum absolute atomic E-state index is 0.139. The summed E-state index contributed by atoms with van der Waals surface area (Å²) in [5, 5.41) is 9.41. The molecule has 0 aliphatic heterocycles. The highest BCUT2D eigenvalue weighted by molar-refractivity contribution is 9.10. The number of carboxylic acid groups (broad SMARTS) is 1. The predicted molar refractivity (Wildman–Crippen MR) is 83.5 cm³/mol. The molecule has 0 heterocycles. The molecule has 20 heavy (non-hydrogen) atoms. The van der Waals surface area contributed by atoms with E-state index in [-0.39, 0.29) is 12.0 Å². The summed E-state index contributed by atoms with van der Waals surface area (Å²) in [5.74, 6) is -0.265. The molecule has 110 valence electrons. The van der Waals surface area contributed by atoms with Crippen LogP contribution in [-0.2, 0) is 11.3 Å². The summed E-state index contributed by atoms with van der Waals surface area (Å²) in [6.45, 7) is 3.02. The van der Waals surface area contributed by atoms with Gasteiger partial charge in [-0.1, -0.05) is 35.0 Å². The van der Waals surface area contributed by atoms with Crippen molar-refractivity contribution in [1.82, 2.24) is 4.90 Å². The summed E-state index contributed by atoms with van der Waals surface area (Å²) in [7, 11) is 2.04. The number of halogens is 1. The average Bonchev–Trinajstić information content (AvgIpc) is 2.41. The maximum Gasteiger partial charge on any atom is 0.308 e. The molecular weight excluding hydrogens is 318 g/mol. The Labute approximate surface area is 129 Å². The predicted octanol–water partition coefficient (Wildman–Crippen LogP) is 3.77. The Bertz CT molecular complexity index is 460. The van der Waals surface area contributed by atoms with E-state index in [0.717, 1.165) is 30.3 Å². The van der Waals surface area contributed by atoms with E-state index in [1.807, 2.05) is 19.2 Å². The molecule has 1 aromatic carbocycles. The number of carboxylic acids is 1. The van der Waals surface area contributed by atoms with Crippen LogP contribution in [0.4, 0.5) is 0 Å². The van der Waals surface area contributed by atoms with Crippen LogP contribution in [-0.4, -0.2) is 29.1 Å². The molecule has 0 aromatic heterocycles. The van der Waals surface area contributed by atoms with Crippen molar-refractivity contribution in [2.75, 3.05) is 7.05 Å². The number of aliphatic carboxylic acids is 1. The molecule has 1 fully saturated rings. The zero-order valence-corrected chi connectivity index (χ0v) is 13.6. The van der Waals surface area contributed by atoms with Crippen molar-refractivity contribution in [1.29, 1.82) is 0 Å². The van der Waals surface area contributed by atoms with Crippen LogP contribution < -0.4 is 0 Å². The Hall–Kier alpha value is -0.870. The van der Waals surface area contributed by atoms with E-state index in [1.54, 1.807) is 0 Å². The summed E-state index contributed by atoms with van der Waals surface area (Å²) in [4.78, 5) is 13.6. The van der Waals surface area contributed by atoms with Gasteiger partial charge in [-0.3, -0.25) is 9.69 Å². The Morgan fingerprint density at radius 1 is 1.35 bits per heavy atom. The van der Waals surface area contributed by atoms with Crippen molar-refractivity contribution in [3.8, 4) is 0 Å². The lowest BCUT2D eigenvalue weighted by molar-refractivity contribution is -0.146. The molecule has 0 spiro atoms. The fourth-order valence-electron chi connectivity index (χ4n) is 3.12. The second kappa shape index (κ2) is 6.72. The monoisotopic (exact) mass is 339 g/mol. The molecule has 1 aromatic rings. The van der Waals surface area contributed by atoms with Gasteiger partial charge in [0.1, 0.15) is 0 Å². The average molecular weight is 340 g/mol. The van der Waals surface area contributed by atoms with Gasteiger partial charge in [0.15, 0.2) is 0 Å². The Morgan fingerprint density at radius 3 is 2.60 bits per heavy atom. The zero-order valence-electron chi connectivity index (χ0n) is 12.1. The van der Waals surface area contributed by atoms with Crippen LogP contribution >= 0.6 is 15.9 Å². The van der Waals surface area contributed by atoms with Crippen LogP contribution in [0.2, 0.25) is 0 Å². The number of carbonyl (C=O) groups is 1. The van der Waals surface area contributed by atoms with Crippen molar-refractivity contribution in [2.24, 2.45) is 11.8 Å². The summed E-state index contributed by atoms with van der Waals surface area (Å²) in [6.07, 6.45) is 2.80. The van der Waals surface area contributed by atoms with Gasteiger partial charge in [-0.25, -0.2) is 0 Å². The van der Waals surface area contributed by atoms with Crippen LogP contribution in [0.25, 0.3) is 0 Å². The van der Waals surface area contributed by atoms with Gasteiger partial charge in [-0.2, -0.15) is 0 Å². The molecule has 1 aliphatic rings. The van der Waals surface area contributed by atoms with Gasteiger partial charge in [-0.15, -0.1) is 0 Å². The minimum Gasteiger partial charge on any atom is -0.481 e. The molecule has 0 amide bonds. The first kappa shape index (κ1) is 15.5. The quantitative estimate of drug-likeness (QED) is 0.907. The van der Waals surface area contributed by atoms with Crippen molar-refractivity contribution in [3.05, 3.63) is 34.3 Å². The maximum atomic E-state index is 11.4. The fraction of sp³-hybridized carbons (Fsp3) is 0.562. The third-order valence-electron chi connectivity index (χ3n) is 4.31. The Balaban J connectivity index is 2.06. The van der Waals surface area contributed by atoms with E-state index in [9.17, 15) is 9.90 Å². The van der Waals surface area contributed by atoms with E-state index in [2.05, 4.69) is 39.9 Å². The van der Waals surface area contributed by atoms with Gasteiger partial charge >= 0.3 is 5.97 Å². The molecule has 0 saturated heterocycles. The van der Waals surface area contributed by atoms with Crippen LogP contribution in [0.15, 0.2) is 28.7 Å². The van der Waals surface area contributed by atoms with E-state index in [1.165, 1.54) is 5.56 Å². The van der Waals surface area contributed by atoms with Crippen LogP contribution in [0.3, 0.4) is 0 Å². The van der Waals surface area contributed by atoms with Crippen LogP contribution in [0.5, 0.6) is 0 Å². The molecule has 1 N–H and O–H groups in total. The number of nitrogens with zero attached hydrogens (tertiary/aromatic N) is 1. The van der Waals surface area contributed by atoms with Crippen molar-refractivity contribution < 1.29 is 9.90 Å². The van der Waals surface area contributed by atoms with Gasteiger partial charge < -0.3 is 5.11 Å². The SMILES string of the molecule is CC1CCC(C(=O)O)C(N(C)Cc2ccc(Br)cc2)C1. The molecule has 3 atom stereocenters. The van der Waals surface area contributed by atoms with E-state index in [0.29, 0.717) is 5.92 Å². The first-order valence-electron chi connectivity index (χ1n) is 7.15. The highest BCUT2D eigenvalue weighted by Crippen LogP contribution is 2.32. The summed E-state index contributed by atoms with van der Waals surface area (Å²) >= 11 is 3.43. The highest BCUT2D eigenvalue weighted by atomic mass is 79.9. The smallest absolute Gasteiger partial charge is 0.308 e. The highest BCUT2D eigenvalue weighted by Gasteiger charge is 2.35. The number of rotatable bonds is 4. The molecule has 1 aliphatic carbocycles. The van der Waals surface area contributed by atoms with Crippen molar-refractivity contribution in [2.45, 2.75) is 38.8 Å². The lowest BCUT2D eigenvalue weighted by atomic mass is 9.78. The second-order valence-corrected chi connectivity index (χ2v) is 6.89. The van der Waals surface area contributed by atoms with Crippen molar-refractivity contribution in [3.63, 3.8) is 0 Å². The maximum absolute atomic E-state index is 11.4. The topological polar surface area (TPSA) is 40.5 Å². The molecule has 3 nitrogen and oxygen atoms in total. The normalized spacial score (nSPS) is 26.7. The fourth-order valence-corrected chi connectivity index (χ4v) is 3.39. The number of hydrogen-bond acceptors (Lipinski definition) is 2. The lowest BCUT2D eigenvalue weighted by Crippen LogP contribution is -2.44. The first-order chi connectivity index (χ1) is 9.47. The van der Waals surface area contributed by atoms with Crippen LogP contribution in [0, 0.1) is 11.8 Å². The minimum atomic E-state index is -0.649. The Kier molecular flexibility index (Phi) is 5.22. The van der Waals surface area contributed by atoms with Gasteiger partial charge in [0, 0.05) is 17.1 Å². The lowest BCUT2D eigenvalue weighted by Gasteiger charge is -2.38. The molecule has 1 saturated carbocycles. The molecule has 4 heteroatoms. The zero-order chi connectivity index (χ0) is 14.7.